The van der Waals surface area contributed by atoms with Gasteiger partial charge in [-0.25, -0.2) is 4.79 Å². The molecule has 0 aromatic heterocycles. The lowest BCUT2D eigenvalue weighted by Gasteiger charge is -2.16. The van der Waals surface area contributed by atoms with E-state index in [4.69, 9.17) is 9.57 Å². The van der Waals surface area contributed by atoms with Crippen LogP contribution in [0.15, 0.2) is 59.8 Å². The topological polar surface area (TPSA) is 65.0 Å². The molecule has 0 saturated heterocycles. The van der Waals surface area contributed by atoms with Gasteiger partial charge < -0.3 is 9.57 Å². The van der Waals surface area contributed by atoms with Gasteiger partial charge in [-0.15, -0.1) is 0 Å². The molecule has 0 radical (unpaired) electrons. The van der Waals surface area contributed by atoms with E-state index in [-0.39, 0.29) is 11.7 Å². The SMILES string of the molecule is CON=C(OC(=O)c1ccccc1)c1ccc(C(=O)C(C)(C)C)cc1. The van der Waals surface area contributed by atoms with E-state index in [0.717, 1.165) is 0 Å². The van der Waals surface area contributed by atoms with E-state index in [2.05, 4.69) is 5.16 Å². The van der Waals surface area contributed by atoms with Crippen LogP contribution in [0.3, 0.4) is 0 Å². The molecule has 2 aromatic rings. The number of benzene rings is 2. The molecular weight excluding hydrogens is 318 g/mol. The maximum absolute atomic E-state index is 12.3. The van der Waals surface area contributed by atoms with Gasteiger partial charge in [-0.2, -0.15) is 0 Å². The Labute approximate surface area is 147 Å². The summed E-state index contributed by atoms with van der Waals surface area (Å²) in [7, 11) is 1.37. The Hall–Kier alpha value is -2.95. The van der Waals surface area contributed by atoms with Gasteiger partial charge in [0.1, 0.15) is 7.11 Å². The summed E-state index contributed by atoms with van der Waals surface area (Å²) in [5, 5.41) is 3.77. The fourth-order valence-corrected chi connectivity index (χ4v) is 2.13. The average Bonchev–Trinajstić information content (AvgIpc) is 2.61. The van der Waals surface area contributed by atoms with Crippen molar-refractivity contribution >= 4 is 17.7 Å². The fourth-order valence-electron chi connectivity index (χ4n) is 2.13. The average molecular weight is 339 g/mol. The Balaban J connectivity index is 2.22. The van der Waals surface area contributed by atoms with Crippen molar-refractivity contribution in [3.8, 4) is 0 Å². The maximum atomic E-state index is 12.3. The van der Waals surface area contributed by atoms with Gasteiger partial charge in [0.25, 0.3) is 5.90 Å². The highest BCUT2D eigenvalue weighted by Crippen LogP contribution is 2.21. The molecular formula is C20H21NO4. The van der Waals surface area contributed by atoms with Gasteiger partial charge in [0.2, 0.25) is 0 Å². The number of rotatable bonds is 4. The molecule has 0 spiro atoms. The van der Waals surface area contributed by atoms with Gasteiger partial charge in [0.05, 0.1) is 5.56 Å². The first-order valence-corrected chi connectivity index (χ1v) is 7.86. The number of ether oxygens (including phenoxy) is 1. The summed E-state index contributed by atoms with van der Waals surface area (Å²) >= 11 is 0. The minimum absolute atomic E-state index is 0.0329. The molecule has 0 unspecified atom stereocenters. The predicted octanol–water partition coefficient (Wildman–Crippen LogP) is 4.08. The van der Waals surface area contributed by atoms with Gasteiger partial charge in [0.15, 0.2) is 5.78 Å². The lowest BCUT2D eigenvalue weighted by atomic mass is 9.86. The molecule has 0 amide bonds. The summed E-state index contributed by atoms with van der Waals surface area (Å²) < 4.78 is 5.33. The lowest BCUT2D eigenvalue weighted by molar-refractivity contribution is 0.0702. The van der Waals surface area contributed by atoms with E-state index in [1.54, 1.807) is 48.5 Å². The zero-order valence-electron chi connectivity index (χ0n) is 14.8. The summed E-state index contributed by atoms with van der Waals surface area (Å²) in [6.45, 7) is 5.59. The summed E-state index contributed by atoms with van der Waals surface area (Å²) in [6, 6.07) is 15.3. The fraction of sp³-hybridized carbons (Fsp3) is 0.250. The van der Waals surface area contributed by atoms with E-state index in [1.165, 1.54) is 7.11 Å². The number of carbonyl (C=O) groups excluding carboxylic acids is 2. The number of Topliss-reactive ketones (excluding diaryl/α,β-unsaturated/α-hetero) is 1. The highest BCUT2D eigenvalue weighted by Gasteiger charge is 2.23. The first-order chi connectivity index (χ1) is 11.8. The van der Waals surface area contributed by atoms with Crippen LogP contribution in [-0.4, -0.2) is 24.8 Å². The third-order valence-corrected chi connectivity index (χ3v) is 3.45. The minimum atomic E-state index is -0.536. The first kappa shape index (κ1) is 18.4. The third kappa shape index (κ3) is 4.76. The van der Waals surface area contributed by atoms with Crippen molar-refractivity contribution in [2.24, 2.45) is 10.6 Å². The molecule has 0 fully saturated rings. The monoisotopic (exact) mass is 339 g/mol. The van der Waals surface area contributed by atoms with Crippen molar-refractivity contribution < 1.29 is 19.2 Å². The van der Waals surface area contributed by atoms with Crippen LogP contribution in [0, 0.1) is 5.41 Å². The van der Waals surface area contributed by atoms with E-state index >= 15 is 0 Å². The highest BCUT2D eigenvalue weighted by molar-refractivity contribution is 6.06. The molecule has 0 saturated carbocycles. The van der Waals surface area contributed by atoms with Crippen LogP contribution < -0.4 is 0 Å². The molecule has 130 valence electrons. The predicted molar refractivity (Wildman–Crippen MR) is 95.6 cm³/mol. The zero-order chi connectivity index (χ0) is 18.4. The third-order valence-electron chi connectivity index (χ3n) is 3.45. The van der Waals surface area contributed by atoms with Crippen molar-refractivity contribution in [2.75, 3.05) is 7.11 Å². The van der Waals surface area contributed by atoms with Gasteiger partial charge in [-0.05, 0) is 29.4 Å². The second kappa shape index (κ2) is 7.75. The number of carbonyl (C=O) groups is 2. The molecule has 2 aromatic carbocycles. The molecule has 5 nitrogen and oxygen atoms in total. The Bertz CT molecular complexity index is 772. The largest absolute Gasteiger partial charge is 0.400 e. The summed E-state index contributed by atoms with van der Waals surface area (Å²) in [5.74, 6) is -0.470. The molecule has 0 atom stereocenters. The Morgan fingerprint density at radius 2 is 1.40 bits per heavy atom. The molecule has 0 aliphatic heterocycles. The summed E-state index contributed by atoms with van der Waals surface area (Å²) in [5.41, 5.74) is 1.06. The van der Waals surface area contributed by atoms with Crippen molar-refractivity contribution in [1.82, 2.24) is 0 Å². The quantitative estimate of drug-likeness (QED) is 0.277. The van der Waals surface area contributed by atoms with Gasteiger partial charge >= 0.3 is 5.97 Å². The first-order valence-electron chi connectivity index (χ1n) is 7.86. The number of hydrogen-bond acceptors (Lipinski definition) is 5. The van der Waals surface area contributed by atoms with Crippen LogP contribution >= 0.6 is 0 Å². The Kier molecular flexibility index (Phi) is 5.70. The van der Waals surface area contributed by atoms with E-state index in [0.29, 0.717) is 16.7 Å². The van der Waals surface area contributed by atoms with Crippen molar-refractivity contribution in [3.05, 3.63) is 71.3 Å². The Morgan fingerprint density at radius 1 is 0.840 bits per heavy atom. The second-order valence-corrected chi connectivity index (χ2v) is 6.49. The summed E-state index contributed by atoms with van der Waals surface area (Å²) in [6.07, 6.45) is 0. The molecule has 0 aliphatic carbocycles. The van der Waals surface area contributed by atoms with Gasteiger partial charge in [-0.1, -0.05) is 51.1 Å². The molecule has 0 aliphatic rings. The lowest BCUT2D eigenvalue weighted by Crippen LogP contribution is -2.20. The zero-order valence-corrected chi connectivity index (χ0v) is 14.8. The van der Waals surface area contributed by atoms with Gasteiger partial charge in [-0.3, -0.25) is 4.79 Å². The molecule has 5 heteroatoms. The Morgan fingerprint density at radius 3 is 1.92 bits per heavy atom. The standard InChI is InChI=1S/C20H21NO4/c1-20(2,3)17(22)14-10-12-15(13-11-14)18(21-24-4)25-19(23)16-8-6-5-7-9-16/h5-13H,1-4H3. The van der Waals surface area contributed by atoms with Crippen LogP contribution in [-0.2, 0) is 9.57 Å². The number of esters is 1. The molecule has 0 bridgehead atoms. The van der Waals surface area contributed by atoms with Gasteiger partial charge in [0, 0.05) is 16.5 Å². The van der Waals surface area contributed by atoms with E-state index in [9.17, 15) is 9.59 Å². The number of nitrogens with zero attached hydrogens (tertiary/aromatic N) is 1. The molecule has 25 heavy (non-hydrogen) atoms. The maximum Gasteiger partial charge on any atom is 0.344 e. The van der Waals surface area contributed by atoms with Crippen molar-refractivity contribution in [1.29, 1.82) is 0 Å². The summed E-state index contributed by atoms with van der Waals surface area (Å²) in [4.78, 5) is 29.3. The van der Waals surface area contributed by atoms with Crippen LogP contribution in [0.4, 0.5) is 0 Å². The van der Waals surface area contributed by atoms with E-state index in [1.807, 2.05) is 26.8 Å². The highest BCUT2D eigenvalue weighted by atomic mass is 16.6. The van der Waals surface area contributed by atoms with Crippen LogP contribution in [0.25, 0.3) is 0 Å². The molecule has 0 N–H and O–H groups in total. The van der Waals surface area contributed by atoms with Crippen molar-refractivity contribution in [2.45, 2.75) is 20.8 Å². The molecule has 2 rings (SSSR count). The van der Waals surface area contributed by atoms with Crippen LogP contribution in [0.5, 0.6) is 0 Å². The number of hydrogen-bond donors (Lipinski definition) is 0. The number of ketones is 1. The second-order valence-electron chi connectivity index (χ2n) is 6.49. The minimum Gasteiger partial charge on any atom is -0.400 e. The number of oxime groups is 1. The van der Waals surface area contributed by atoms with Crippen molar-refractivity contribution in [3.63, 3.8) is 0 Å². The molecule has 0 heterocycles. The smallest absolute Gasteiger partial charge is 0.344 e. The van der Waals surface area contributed by atoms with Crippen LogP contribution in [0.1, 0.15) is 47.1 Å². The van der Waals surface area contributed by atoms with Crippen LogP contribution in [0.2, 0.25) is 0 Å². The normalized spacial score (nSPS) is 11.8. The van der Waals surface area contributed by atoms with E-state index < -0.39 is 11.4 Å².